The maximum Gasteiger partial charge on any atom is 0.119 e. The molecule has 0 amide bonds. The molecule has 2 nitrogen and oxygen atoms in total. The van der Waals surface area contributed by atoms with Gasteiger partial charge in [0.25, 0.3) is 0 Å². The fourth-order valence-corrected chi connectivity index (χ4v) is 2.05. The Kier molecular flexibility index (Phi) is 5.53. The lowest BCUT2D eigenvalue weighted by Crippen LogP contribution is -2.17. The van der Waals surface area contributed by atoms with Crippen molar-refractivity contribution < 1.29 is 4.74 Å². The first-order chi connectivity index (χ1) is 8.88. The standard InChI is InChI=1S/C16H25NO/c1-2-5-14-6-10-16(11-7-14)18-13-4-3-12-17-15-8-9-15/h6-7,10-11,15,17H,2-5,8-9,12-13H2,1H3. The third-order valence-electron chi connectivity index (χ3n) is 3.31. The van der Waals surface area contributed by atoms with E-state index >= 15 is 0 Å². The van der Waals surface area contributed by atoms with Crippen molar-refractivity contribution in [2.75, 3.05) is 13.2 Å². The molecule has 0 radical (unpaired) electrons. The monoisotopic (exact) mass is 247 g/mol. The van der Waals surface area contributed by atoms with E-state index in [0.717, 1.165) is 37.8 Å². The summed E-state index contributed by atoms with van der Waals surface area (Å²) in [5, 5.41) is 3.52. The molecular weight excluding hydrogens is 222 g/mol. The first kappa shape index (κ1) is 13.4. The van der Waals surface area contributed by atoms with Crippen molar-refractivity contribution >= 4 is 0 Å². The summed E-state index contributed by atoms with van der Waals surface area (Å²) in [6.07, 6.45) is 7.46. The minimum atomic E-state index is 0.831. The Morgan fingerprint density at radius 3 is 2.61 bits per heavy atom. The van der Waals surface area contributed by atoms with Crippen LogP contribution in [0.2, 0.25) is 0 Å². The predicted octanol–water partition coefficient (Wildman–Crippen LogP) is 3.55. The third-order valence-corrected chi connectivity index (χ3v) is 3.31. The Labute approximate surface area is 111 Å². The summed E-state index contributed by atoms with van der Waals surface area (Å²) >= 11 is 0. The highest BCUT2D eigenvalue weighted by atomic mass is 16.5. The van der Waals surface area contributed by atoms with Crippen LogP contribution in [0.1, 0.15) is 44.6 Å². The smallest absolute Gasteiger partial charge is 0.119 e. The van der Waals surface area contributed by atoms with Gasteiger partial charge in [-0.3, -0.25) is 0 Å². The van der Waals surface area contributed by atoms with Gasteiger partial charge in [-0.05, 0) is 56.3 Å². The van der Waals surface area contributed by atoms with Gasteiger partial charge in [0, 0.05) is 6.04 Å². The van der Waals surface area contributed by atoms with Crippen LogP contribution < -0.4 is 10.1 Å². The average Bonchev–Trinajstić information content (AvgIpc) is 3.20. The zero-order valence-corrected chi connectivity index (χ0v) is 11.5. The molecule has 2 rings (SSSR count). The van der Waals surface area contributed by atoms with Crippen LogP contribution in [0.4, 0.5) is 0 Å². The van der Waals surface area contributed by atoms with Crippen molar-refractivity contribution in [3.8, 4) is 5.75 Å². The van der Waals surface area contributed by atoms with Gasteiger partial charge in [-0.15, -0.1) is 0 Å². The van der Waals surface area contributed by atoms with Gasteiger partial charge >= 0.3 is 0 Å². The summed E-state index contributed by atoms with van der Waals surface area (Å²) in [6.45, 7) is 4.18. The molecule has 1 aromatic carbocycles. The van der Waals surface area contributed by atoms with Crippen LogP contribution in [0.25, 0.3) is 0 Å². The van der Waals surface area contributed by atoms with E-state index in [1.165, 1.54) is 31.2 Å². The van der Waals surface area contributed by atoms with Crippen molar-refractivity contribution in [2.45, 2.75) is 51.5 Å². The van der Waals surface area contributed by atoms with E-state index in [-0.39, 0.29) is 0 Å². The second kappa shape index (κ2) is 7.42. The second-order valence-corrected chi connectivity index (χ2v) is 5.18. The van der Waals surface area contributed by atoms with E-state index in [0.29, 0.717) is 0 Å². The van der Waals surface area contributed by atoms with Gasteiger partial charge in [0.2, 0.25) is 0 Å². The first-order valence-corrected chi connectivity index (χ1v) is 7.33. The topological polar surface area (TPSA) is 21.3 Å². The second-order valence-electron chi connectivity index (χ2n) is 5.18. The van der Waals surface area contributed by atoms with Gasteiger partial charge in [-0.25, -0.2) is 0 Å². The largest absolute Gasteiger partial charge is 0.494 e. The fraction of sp³-hybridized carbons (Fsp3) is 0.625. The van der Waals surface area contributed by atoms with Crippen molar-refractivity contribution in [1.29, 1.82) is 0 Å². The van der Waals surface area contributed by atoms with E-state index < -0.39 is 0 Å². The summed E-state index contributed by atoms with van der Waals surface area (Å²) in [5.74, 6) is 1.00. The van der Waals surface area contributed by atoms with Gasteiger partial charge in [0.05, 0.1) is 6.61 Å². The minimum Gasteiger partial charge on any atom is -0.494 e. The third kappa shape index (κ3) is 5.09. The maximum atomic E-state index is 5.73. The highest BCUT2D eigenvalue weighted by molar-refractivity contribution is 5.27. The molecule has 1 aliphatic rings. The molecular formula is C16H25NO. The van der Waals surface area contributed by atoms with E-state index in [2.05, 4.69) is 36.5 Å². The molecule has 0 saturated heterocycles. The van der Waals surface area contributed by atoms with Gasteiger partial charge < -0.3 is 10.1 Å². The number of ether oxygens (including phenoxy) is 1. The molecule has 0 unspecified atom stereocenters. The molecule has 1 aromatic rings. The van der Waals surface area contributed by atoms with Crippen LogP contribution in [0.15, 0.2) is 24.3 Å². The van der Waals surface area contributed by atoms with Gasteiger partial charge in [-0.2, -0.15) is 0 Å². The SMILES string of the molecule is CCCc1ccc(OCCCCNC2CC2)cc1. The number of rotatable bonds is 9. The normalized spacial score (nSPS) is 14.7. The molecule has 100 valence electrons. The lowest BCUT2D eigenvalue weighted by molar-refractivity contribution is 0.305. The zero-order valence-electron chi connectivity index (χ0n) is 11.5. The number of nitrogens with one attached hydrogen (secondary N) is 1. The Bertz CT molecular complexity index is 329. The Morgan fingerprint density at radius 2 is 1.94 bits per heavy atom. The molecule has 1 saturated carbocycles. The lowest BCUT2D eigenvalue weighted by Gasteiger charge is -2.07. The molecule has 0 bridgehead atoms. The predicted molar refractivity (Wildman–Crippen MR) is 76.2 cm³/mol. The quantitative estimate of drug-likeness (QED) is 0.674. The zero-order chi connectivity index (χ0) is 12.6. The average molecular weight is 247 g/mol. The summed E-state index contributed by atoms with van der Waals surface area (Å²) in [7, 11) is 0. The van der Waals surface area contributed by atoms with Crippen molar-refractivity contribution in [2.24, 2.45) is 0 Å². The Morgan fingerprint density at radius 1 is 1.17 bits per heavy atom. The van der Waals surface area contributed by atoms with E-state index in [1.54, 1.807) is 0 Å². The van der Waals surface area contributed by atoms with Gasteiger partial charge in [-0.1, -0.05) is 25.5 Å². The van der Waals surface area contributed by atoms with Crippen LogP contribution in [0.5, 0.6) is 5.75 Å². The molecule has 0 spiro atoms. The van der Waals surface area contributed by atoms with Crippen molar-refractivity contribution in [1.82, 2.24) is 5.32 Å². The molecule has 0 heterocycles. The van der Waals surface area contributed by atoms with Crippen LogP contribution in [0.3, 0.4) is 0 Å². The van der Waals surface area contributed by atoms with Crippen molar-refractivity contribution in [3.63, 3.8) is 0 Å². The number of hydrogen-bond acceptors (Lipinski definition) is 2. The molecule has 1 fully saturated rings. The molecule has 18 heavy (non-hydrogen) atoms. The summed E-state index contributed by atoms with van der Waals surface area (Å²) in [6, 6.07) is 9.36. The summed E-state index contributed by atoms with van der Waals surface area (Å²) < 4.78 is 5.73. The molecule has 1 N–H and O–H groups in total. The fourth-order valence-electron chi connectivity index (χ4n) is 2.05. The highest BCUT2D eigenvalue weighted by Gasteiger charge is 2.19. The van der Waals surface area contributed by atoms with Crippen LogP contribution >= 0.6 is 0 Å². The van der Waals surface area contributed by atoms with Crippen LogP contribution in [-0.4, -0.2) is 19.2 Å². The lowest BCUT2D eigenvalue weighted by atomic mass is 10.1. The summed E-state index contributed by atoms with van der Waals surface area (Å²) in [4.78, 5) is 0. The number of benzene rings is 1. The molecule has 0 atom stereocenters. The van der Waals surface area contributed by atoms with Gasteiger partial charge in [0.1, 0.15) is 5.75 Å². The van der Waals surface area contributed by atoms with E-state index in [9.17, 15) is 0 Å². The van der Waals surface area contributed by atoms with Crippen LogP contribution in [-0.2, 0) is 6.42 Å². The van der Waals surface area contributed by atoms with Gasteiger partial charge in [0.15, 0.2) is 0 Å². The number of hydrogen-bond donors (Lipinski definition) is 1. The highest BCUT2D eigenvalue weighted by Crippen LogP contribution is 2.18. The van der Waals surface area contributed by atoms with E-state index in [1.807, 2.05) is 0 Å². The van der Waals surface area contributed by atoms with Crippen LogP contribution in [0, 0.1) is 0 Å². The Balaban J connectivity index is 1.54. The molecule has 0 aliphatic heterocycles. The molecule has 1 aliphatic carbocycles. The maximum absolute atomic E-state index is 5.73. The number of aryl methyl sites for hydroxylation is 1. The Hall–Kier alpha value is -1.02. The summed E-state index contributed by atoms with van der Waals surface area (Å²) in [5.41, 5.74) is 1.40. The first-order valence-electron chi connectivity index (χ1n) is 7.33. The van der Waals surface area contributed by atoms with E-state index in [4.69, 9.17) is 4.74 Å². The van der Waals surface area contributed by atoms with Crippen molar-refractivity contribution in [3.05, 3.63) is 29.8 Å². The molecule has 2 heteroatoms. The number of unbranched alkanes of at least 4 members (excludes halogenated alkanes) is 1. The minimum absolute atomic E-state index is 0.831. The molecule has 0 aromatic heterocycles.